The lowest BCUT2D eigenvalue weighted by Crippen LogP contribution is -2.40. The van der Waals surface area contributed by atoms with Crippen molar-refractivity contribution < 1.29 is 4.74 Å². The quantitative estimate of drug-likeness (QED) is 0.765. The van der Waals surface area contributed by atoms with E-state index in [1.165, 1.54) is 12.0 Å². The van der Waals surface area contributed by atoms with E-state index in [1.807, 2.05) is 6.07 Å². The summed E-state index contributed by atoms with van der Waals surface area (Å²) in [6.07, 6.45) is 2.21. The van der Waals surface area contributed by atoms with Crippen molar-refractivity contribution in [1.29, 1.82) is 0 Å². The molecule has 1 atom stereocenters. The minimum absolute atomic E-state index is 0.493. The Balaban J connectivity index is 2.62. The zero-order valence-electron chi connectivity index (χ0n) is 12.1. The summed E-state index contributed by atoms with van der Waals surface area (Å²) < 4.78 is 5.27. The molecule has 1 unspecified atom stereocenters. The predicted molar refractivity (Wildman–Crippen MR) is 77.3 cm³/mol. The van der Waals surface area contributed by atoms with E-state index in [4.69, 9.17) is 4.74 Å². The Labute approximate surface area is 111 Å². The minimum Gasteiger partial charge on any atom is -0.497 e. The number of ether oxygens (including phenoxy) is 1. The van der Waals surface area contributed by atoms with E-state index < -0.39 is 0 Å². The molecule has 0 spiro atoms. The summed E-state index contributed by atoms with van der Waals surface area (Å²) in [5.41, 5.74) is 1.32. The number of rotatable bonds is 8. The second-order valence-corrected chi connectivity index (χ2v) is 4.97. The molecule has 0 aromatic heterocycles. The highest BCUT2D eigenvalue weighted by molar-refractivity contribution is 5.29. The third kappa shape index (κ3) is 5.52. The highest BCUT2D eigenvalue weighted by atomic mass is 16.5. The molecule has 0 radical (unpaired) electrons. The second-order valence-electron chi connectivity index (χ2n) is 4.97. The molecule has 0 amide bonds. The van der Waals surface area contributed by atoms with Gasteiger partial charge in [-0.3, -0.25) is 0 Å². The Hall–Kier alpha value is -1.06. The Morgan fingerprint density at radius 2 is 2.11 bits per heavy atom. The van der Waals surface area contributed by atoms with Crippen LogP contribution in [0.3, 0.4) is 0 Å². The number of hydrogen-bond acceptors (Lipinski definition) is 3. The van der Waals surface area contributed by atoms with Gasteiger partial charge in [-0.2, -0.15) is 0 Å². The molecule has 1 N–H and O–H groups in total. The third-order valence-electron chi connectivity index (χ3n) is 2.88. The van der Waals surface area contributed by atoms with E-state index in [0.717, 1.165) is 25.3 Å². The Morgan fingerprint density at radius 3 is 2.72 bits per heavy atom. The first-order valence-corrected chi connectivity index (χ1v) is 6.66. The van der Waals surface area contributed by atoms with Crippen molar-refractivity contribution in [1.82, 2.24) is 10.2 Å². The van der Waals surface area contributed by atoms with E-state index in [-0.39, 0.29) is 0 Å². The van der Waals surface area contributed by atoms with Crippen molar-refractivity contribution in [3.8, 4) is 5.75 Å². The summed E-state index contributed by atoms with van der Waals surface area (Å²) in [7, 11) is 5.95. The highest BCUT2D eigenvalue weighted by Gasteiger charge is 2.10. The first-order valence-electron chi connectivity index (χ1n) is 6.66. The molecule has 0 saturated carbocycles. The molecular weight excluding hydrogens is 224 g/mol. The molecule has 3 heteroatoms. The maximum absolute atomic E-state index is 5.27. The first-order chi connectivity index (χ1) is 8.65. The van der Waals surface area contributed by atoms with Gasteiger partial charge in [0.2, 0.25) is 0 Å². The van der Waals surface area contributed by atoms with Crippen molar-refractivity contribution in [2.24, 2.45) is 0 Å². The molecule has 1 aromatic rings. The second kappa shape index (κ2) is 8.11. The minimum atomic E-state index is 0.493. The van der Waals surface area contributed by atoms with Crippen LogP contribution in [0.4, 0.5) is 0 Å². The van der Waals surface area contributed by atoms with Crippen LogP contribution in [0.25, 0.3) is 0 Å². The molecule has 0 heterocycles. The van der Waals surface area contributed by atoms with Gasteiger partial charge in [0.1, 0.15) is 5.75 Å². The predicted octanol–water partition coefficient (Wildman–Crippen LogP) is 2.17. The smallest absolute Gasteiger partial charge is 0.119 e. The average molecular weight is 250 g/mol. The van der Waals surface area contributed by atoms with Crippen LogP contribution in [0.15, 0.2) is 24.3 Å². The first kappa shape index (κ1) is 15.0. The van der Waals surface area contributed by atoms with Crippen molar-refractivity contribution in [2.75, 3.05) is 34.3 Å². The topological polar surface area (TPSA) is 24.5 Å². The largest absolute Gasteiger partial charge is 0.497 e. The van der Waals surface area contributed by atoms with Crippen molar-refractivity contribution in [2.45, 2.75) is 25.8 Å². The van der Waals surface area contributed by atoms with Gasteiger partial charge in [0.05, 0.1) is 7.11 Å². The van der Waals surface area contributed by atoms with Gasteiger partial charge in [0.15, 0.2) is 0 Å². The van der Waals surface area contributed by atoms with Crippen molar-refractivity contribution >= 4 is 0 Å². The summed E-state index contributed by atoms with van der Waals surface area (Å²) in [6.45, 7) is 4.32. The molecule has 3 nitrogen and oxygen atoms in total. The number of hydrogen-bond donors (Lipinski definition) is 1. The van der Waals surface area contributed by atoms with Crippen LogP contribution in [0.5, 0.6) is 5.75 Å². The van der Waals surface area contributed by atoms with E-state index in [9.17, 15) is 0 Å². The van der Waals surface area contributed by atoms with Crippen LogP contribution in [0.2, 0.25) is 0 Å². The lowest BCUT2D eigenvalue weighted by molar-refractivity contribution is 0.335. The maximum atomic E-state index is 5.27. The third-order valence-corrected chi connectivity index (χ3v) is 2.88. The lowest BCUT2D eigenvalue weighted by Gasteiger charge is -2.22. The van der Waals surface area contributed by atoms with Gasteiger partial charge in [0, 0.05) is 12.6 Å². The van der Waals surface area contributed by atoms with Gasteiger partial charge in [-0.25, -0.2) is 0 Å². The molecule has 0 bridgehead atoms. The Kier molecular flexibility index (Phi) is 6.76. The van der Waals surface area contributed by atoms with Crippen LogP contribution in [-0.4, -0.2) is 45.2 Å². The van der Waals surface area contributed by atoms with E-state index in [0.29, 0.717) is 6.04 Å². The van der Waals surface area contributed by atoms with Crippen LogP contribution >= 0.6 is 0 Å². The van der Waals surface area contributed by atoms with E-state index >= 15 is 0 Å². The molecule has 0 saturated heterocycles. The SMILES string of the molecule is CCCNC(Cc1cccc(OC)c1)CN(C)C. The molecule has 1 rings (SSSR count). The molecule has 0 aliphatic rings. The van der Waals surface area contributed by atoms with Gasteiger partial charge in [-0.05, 0) is 51.2 Å². The van der Waals surface area contributed by atoms with Crippen molar-refractivity contribution in [3.05, 3.63) is 29.8 Å². The Morgan fingerprint density at radius 1 is 1.33 bits per heavy atom. The van der Waals surface area contributed by atoms with E-state index in [2.05, 4.69) is 49.4 Å². The van der Waals surface area contributed by atoms with Gasteiger partial charge in [-0.1, -0.05) is 19.1 Å². The lowest BCUT2D eigenvalue weighted by atomic mass is 10.1. The average Bonchev–Trinajstić information content (AvgIpc) is 2.35. The molecule has 0 fully saturated rings. The number of nitrogens with one attached hydrogen (secondary N) is 1. The number of methoxy groups -OCH3 is 1. The van der Waals surface area contributed by atoms with Crippen LogP contribution in [0.1, 0.15) is 18.9 Å². The van der Waals surface area contributed by atoms with Gasteiger partial charge < -0.3 is 15.0 Å². The monoisotopic (exact) mass is 250 g/mol. The summed E-state index contributed by atoms with van der Waals surface area (Å²) in [4.78, 5) is 2.23. The van der Waals surface area contributed by atoms with Crippen LogP contribution < -0.4 is 10.1 Å². The molecule has 1 aromatic carbocycles. The van der Waals surface area contributed by atoms with Crippen LogP contribution in [0, 0.1) is 0 Å². The molecule has 18 heavy (non-hydrogen) atoms. The summed E-state index contributed by atoms with van der Waals surface area (Å²) >= 11 is 0. The number of nitrogens with zero attached hydrogens (tertiary/aromatic N) is 1. The molecule has 0 aliphatic heterocycles. The number of benzene rings is 1. The van der Waals surface area contributed by atoms with Gasteiger partial charge >= 0.3 is 0 Å². The molecule has 102 valence electrons. The van der Waals surface area contributed by atoms with E-state index in [1.54, 1.807) is 7.11 Å². The Bertz CT molecular complexity index is 339. The maximum Gasteiger partial charge on any atom is 0.119 e. The fourth-order valence-electron chi connectivity index (χ4n) is 2.07. The van der Waals surface area contributed by atoms with Gasteiger partial charge in [0.25, 0.3) is 0 Å². The molecule has 0 aliphatic carbocycles. The standard InChI is InChI=1S/C15H26N2O/c1-5-9-16-14(12-17(2)3)10-13-7-6-8-15(11-13)18-4/h6-8,11,14,16H,5,9-10,12H2,1-4H3. The van der Waals surface area contributed by atoms with Gasteiger partial charge in [-0.15, -0.1) is 0 Å². The van der Waals surface area contributed by atoms with Crippen molar-refractivity contribution in [3.63, 3.8) is 0 Å². The fourth-order valence-corrected chi connectivity index (χ4v) is 2.07. The summed E-state index contributed by atoms with van der Waals surface area (Å²) in [5.74, 6) is 0.937. The highest BCUT2D eigenvalue weighted by Crippen LogP contribution is 2.14. The zero-order valence-corrected chi connectivity index (χ0v) is 12.1. The fraction of sp³-hybridized carbons (Fsp3) is 0.600. The summed E-state index contributed by atoms with van der Waals surface area (Å²) in [6, 6.07) is 8.83. The van der Waals surface area contributed by atoms with Crippen LogP contribution in [-0.2, 0) is 6.42 Å². The molecular formula is C15H26N2O. The summed E-state index contributed by atoms with van der Waals surface area (Å²) in [5, 5.41) is 3.60. The zero-order chi connectivity index (χ0) is 13.4. The number of likely N-dealkylation sites (N-methyl/N-ethyl adjacent to an activating group) is 1. The normalized spacial score (nSPS) is 12.7.